The third-order valence-corrected chi connectivity index (χ3v) is 18.7. The normalized spacial score (nSPS) is 18.2. The number of nitrogens with zero attached hydrogens (tertiary/aromatic N) is 3. The highest BCUT2D eigenvalue weighted by molar-refractivity contribution is 7.00. The Balaban J connectivity index is 1.21. The van der Waals surface area contributed by atoms with E-state index in [0.29, 0.717) is 0 Å². The molecule has 78 heavy (non-hydrogen) atoms. The summed E-state index contributed by atoms with van der Waals surface area (Å²) in [4.78, 5) is 8.16. The molecule has 2 atom stereocenters. The van der Waals surface area contributed by atoms with Crippen molar-refractivity contribution in [3.63, 3.8) is 0 Å². The fourth-order valence-electron chi connectivity index (χ4n) is 14.3. The van der Waals surface area contributed by atoms with E-state index >= 15 is 0 Å². The lowest BCUT2D eigenvalue weighted by atomic mass is 9.33. The lowest BCUT2D eigenvalue weighted by molar-refractivity contribution is 0.245. The van der Waals surface area contributed by atoms with Crippen molar-refractivity contribution < 1.29 is 0 Å². The Morgan fingerprint density at radius 3 is 1.49 bits per heavy atom. The molecule has 1 aliphatic carbocycles. The van der Waals surface area contributed by atoms with Crippen LogP contribution < -0.4 is 31.1 Å². The molecule has 0 amide bonds. The number of aryl methyl sites for hydroxylation is 3. The first-order valence-electron chi connectivity index (χ1n) is 28.6. The van der Waals surface area contributed by atoms with Gasteiger partial charge in [-0.2, -0.15) is 0 Å². The Morgan fingerprint density at radius 2 is 0.923 bits per heavy atom. The Labute approximate surface area is 465 Å². The minimum Gasteiger partial charge on any atom is -0.330 e. The third-order valence-electron chi connectivity index (χ3n) is 18.7. The molecule has 0 spiro atoms. The molecule has 0 radical (unpaired) electrons. The van der Waals surface area contributed by atoms with Crippen LogP contribution in [0.15, 0.2) is 188 Å². The van der Waals surface area contributed by atoms with Crippen LogP contribution in [0.25, 0.3) is 22.3 Å². The summed E-state index contributed by atoms with van der Waals surface area (Å²) >= 11 is 0. The number of para-hydroxylation sites is 1. The van der Waals surface area contributed by atoms with Crippen LogP contribution in [0.1, 0.15) is 127 Å². The lowest BCUT2D eigenvalue weighted by Crippen LogP contribution is -2.61. The molecule has 0 aromatic heterocycles. The Morgan fingerprint density at radius 1 is 0.436 bits per heavy atom. The second-order valence-electron chi connectivity index (χ2n) is 26.7. The molecule has 0 saturated carbocycles. The van der Waals surface area contributed by atoms with E-state index in [4.69, 9.17) is 0 Å². The van der Waals surface area contributed by atoms with E-state index in [1.165, 1.54) is 129 Å². The Bertz CT molecular complexity index is 3870. The summed E-state index contributed by atoms with van der Waals surface area (Å²) in [6, 6.07) is 73.1. The van der Waals surface area contributed by atoms with Gasteiger partial charge in [0.2, 0.25) is 0 Å². The van der Waals surface area contributed by atoms with E-state index in [9.17, 15) is 0 Å². The molecule has 388 valence electrons. The SMILES string of the molecule is Cc1cc(C)c2c(c1)C1(C)CCc3ccccc3C1(C)N2c1cc2c3c(c1)N(c1ccc(C(C)(C)C)cc1-c1ccccc1)c1ccc(C(C)(C)C)cc1B3c1ccccc1N2c1ccc(C(C)(C)C)cc1-c1ccccc1. The molecule has 3 heterocycles. The summed E-state index contributed by atoms with van der Waals surface area (Å²) in [6.07, 6.45) is 2.11. The van der Waals surface area contributed by atoms with Gasteiger partial charge in [-0.05, 0) is 165 Å². The van der Waals surface area contributed by atoms with E-state index < -0.39 is 5.54 Å². The molecular weight excluding hydrogens is 942 g/mol. The minimum atomic E-state index is -0.424. The maximum atomic E-state index is 2.82. The first-order chi connectivity index (χ1) is 37.2. The summed E-state index contributed by atoms with van der Waals surface area (Å²) < 4.78 is 0. The highest BCUT2D eigenvalue weighted by Crippen LogP contribution is 2.65. The molecule has 9 aromatic carbocycles. The lowest BCUT2D eigenvalue weighted by Gasteiger charge is -2.52. The fraction of sp³-hybridized carbons (Fsp3) is 0.270. The highest BCUT2D eigenvalue weighted by Gasteiger charge is 2.61. The number of fused-ring (bicyclic) bond motifs is 9. The molecule has 0 saturated heterocycles. The fourth-order valence-corrected chi connectivity index (χ4v) is 14.3. The average molecular weight is 1020 g/mol. The highest BCUT2D eigenvalue weighted by atomic mass is 15.3. The summed E-state index contributed by atoms with van der Waals surface area (Å²) in [6.45, 7) is 30.8. The molecular formula is C74H74BN3. The number of hydrogen-bond donors (Lipinski definition) is 0. The monoisotopic (exact) mass is 1020 g/mol. The zero-order chi connectivity index (χ0) is 54.4. The van der Waals surface area contributed by atoms with Crippen LogP contribution in [0.3, 0.4) is 0 Å². The standard InChI is InChI=1S/C74H74BN3/c1-47-40-48(2)69-59(41-47)73(12)39-38-51-28-20-21-29-58(51)74(73,13)78(69)55-45-66-68-67(46-55)77(63-36-33-53(71(6,7)8)43-57(63)50-26-18-15-19-27-50)65-37-34-54(72(9,10)11)44-61(65)75(68)60-30-22-23-31-64(60)76(66)62-35-32-52(70(3,4)5)42-56(62)49-24-16-14-17-25-49/h14-37,40-46H,38-39H2,1-13H3. The Hall–Kier alpha value is -7.56. The maximum Gasteiger partial charge on any atom is 0.252 e. The second kappa shape index (κ2) is 17.5. The van der Waals surface area contributed by atoms with Crippen LogP contribution in [0.2, 0.25) is 0 Å². The van der Waals surface area contributed by atoms with Gasteiger partial charge in [0.15, 0.2) is 0 Å². The van der Waals surface area contributed by atoms with E-state index in [1.54, 1.807) is 0 Å². The van der Waals surface area contributed by atoms with Crippen molar-refractivity contribution in [1.29, 1.82) is 0 Å². The van der Waals surface area contributed by atoms with E-state index in [2.05, 4.69) is 293 Å². The molecule has 4 heteroatoms. The van der Waals surface area contributed by atoms with Gasteiger partial charge in [-0.15, -0.1) is 0 Å². The molecule has 2 unspecified atom stereocenters. The molecule has 4 aliphatic rings. The minimum absolute atomic E-state index is 0.0559. The van der Waals surface area contributed by atoms with Crippen molar-refractivity contribution in [1.82, 2.24) is 0 Å². The molecule has 0 N–H and O–H groups in total. The van der Waals surface area contributed by atoms with Gasteiger partial charge in [-0.1, -0.05) is 214 Å². The number of hydrogen-bond acceptors (Lipinski definition) is 3. The summed E-state index contributed by atoms with van der Waals surface area (Å²) in [7, 11) is 0. The zero-order valence-electron chi connectivity index (χ0n) is 48.2. The quantitative estimate of drug-likeness (QED) is 0.159. The van der Waals surface area contributed by atoms with E-state index in [1.807, 2.05) is 0 Å². The van der Waals surface area contributed by atoms with E-state index in [0.717, 1.165) is 12.8 Å². The zero-order valence-corrected chi connectivity index (χ0v) is 48.2. The largest absolute Gasteiger partial charge is 0.330 e. The Kier molecular flexibility index (Phi) is 11.2. The van der Waals surface area contributed by atoms with Gasteiger partial charge in [0.25, 0.3) is 6.71 Å². The van der Waals surface area contributed by atoms with Gasteiger partial charge in [-0.3, -0.25) is 0 Å². The van der Waals surface area contributed by atoms with Crippen LogP contribution in [0, 0.1) is 13.8 Å². The predicted molar refractivity (Wildman–Crippen MR) is 335 cm³/mol. The van der Waals surface area contributed by atoms with Gasteiger partial charge in [0.1, 0.15) is 0 Å². The molecule has 3 nitrogen and oxygen atoms in total. The molecule has 0 bridgehead atoms. The number of rotatable bonds is 5. The summed E-state index contributed by atoms with van der Waals surface area (Å²) in [5.41, 5.74) is 28.7. The van der Waals surface area contributed by atoms with Crippen molar-refractivity contribution in [2.45, 2.75) is 130 Å². The predicted octanol–water partition coefficient (Wildman–Crippen LogP) is 17.9. The smallest absolute Gasteiger partial charge is 0.252 e. The van der Waals surface area contributed by atoms with Crippen molar-refractivity contribution in [2.75, 3.05) is 14.7 Å². The van der Waals surface area contributed by atoms with Crippen molar-refractivity contribution in [2.24, 2.45) is 0 Å². The molecule has 9 aromatic rings. The molecule has 0 fully saturated rings. The number of anilines is 8. The second-order valence-corrected chi connectivity index (χ2v) is 26.7. The average Bonchev–Trinajstić information content (AvgIpc) is 3.24. The van der Waals surface area contributed by atoms with Gasteiger partial charge in [-0.25, -0.2) is 0 Å². The van der Waals surface area contributed by atoms with Crippen molar-refractivity contribution >= 4 is 68.6 Å². The third kappa shape index (κ3) is 7.45. The van der Waals surface area contributed by atoms with Gasteiger partial charge < -0.3 is 14.7 Å². The molecule has 3 aliphatic heterocycles. The van der Waals surface area contributed by atoms with E-state index in [-0.39, 0.29) is 28.4 Å². The van der Waals surface area contributed by atoms with Crippen LogP contribution in [-0.2, 0) is 33.6 Å². The van der Waals surface area contributed by atoms with Crippen LogP contribution in [-0.4, -0.2) is 6.71 Å². The topological polar surface area (TPSA) is 9.72 Å². The summed E-state index contributed by atoms with van der Waals surface area (Å²) in [5, 5.41) is 0. The van der Waals surface area contributed by atoms with Crippen molar-refractivity contribution in [3.05, 3.63) is 233 Å². The van der Waals surface area contributed by atoms with Gasteiger partial charge >= 0.3 is 0 Å². The first-order valence-corrected chi connectivity index (χ1v) is 28.6. The summed E-state index contributed by atoms with van der Waals surface area (Å²) in [5.74, 6) is 0. The van der Waals surface area contributed by atoms with Gasteiger partial charge in [0.05, 0.1) is 16.9 Å². The van der Waals surface area contributed by atoms with Crippen molar-refractivity contribution in [3.8, 4) is 22.3 Å². The maximum absolute atomic E-state index is 2.82. The van der Waals surface area contributed by atoms with Crippen LogP contribution >= 0.6 is 0 Å². The van der Waals surface area contributed by atoms with Gasteiger partial charge in [0, 0.05) is 50.7 Å². The van der Waals surface area contributed by atoms with Crippen LogP contribution in [0.5, 0.6) is 0 Å². The first kappa shape index (κ1) is 50.0. The number of benzene rings is 9. The van der Waals surface area contributed by atoms with Crippen LogP contribution in [0.4, 0.5) is 45.5 Å². The molecule has 13 rings (SSSR count).